The minimum Gasteiger partial charge on any atom is -0.409 e. The van der Waals surface area contributed by atoms with E-state index in [9.17, 15) is 0 Å². The summed E-state index contributed by atoms with van der Waals surface area (Å²) in [5, 5.41) is 21.7. The lowest BCUT2D eigenvalue weighted by Crippen LogP contribution is -2.18. The zero-order chi connectivity index (χ0) is 15.6. The van der Waals surface area contributed by atoms with Crippen molar-refractivity contribution in [1.82, 2.24) is 15.2 Å². The van der Waals surface area contributed by atoms with Crippen LogP contribution >= 0.6 is 11.8 Å². The quantitative estimate of drug-likeness (QED) is 0.391. The summed E-state index contributed by atoms with van der Waals surface area (Å²) in [4.78, 5) is 4.46. The zero-order valence-corrected chi connectivity index (χ0v) is 13.2. The molecule has 0 unspecified atom stereocenters. The Hall–Kier alpha value is -2.15. The second-order valence-electron chi connectivity index (χ2n) is 4.80. The molecule has 2 aromatic rings. The van der Waals surface area contributed by atoms with Gasteiger partial charge in [0.25, 0.3) is 0 Å². The number of aromatic nitrogens is 3. The lowest BCUT2D eigenvalue weighted by Gasteiger charge is -2.11. The predicted octanol–water partition coefficient (Wildman–Crippen LogP) is 2.35. The Morgan fingerprint density at radius 3 is 2.52 bits per heavy atom. The topological polar surface area (TPSA) is 97.3 Å². The molecule has 0 saturated carbocycles. The highest BCUT2D eigenvalue weighted by Gasteiger charge is 2.17. The summed E-state index contributed by atoms with van der Waals surface area (Å²) in [6.07, 6.45) is 0. The van der Waals surface area contributed by atoms with Gasteiger partial charge in [0.05, 0.1) is 11.3 Å². The van der Waals surface area contributed by atoms with Crippen LogP contribution in [0.25, 0.3) is 0 Å². The van der Waals surface area contributed by atoms with Gasteiger partial charge in [-0.2, -0.15) is 5.10 Å². The van der Waals surface area contributed by atoms with Crippen LogP contribution in [0.4, 0.5) is 0 Å². The summed E-state index contributed by atoms with van der Waals surface area (Å²) in [7, 11) is 0. The van der Waals surface area contributed by atoms with Gasteiger partial charge in [0.1, 0.15) is 10.1 Å². The summed E-state index contributed by atoms with van der Waals surface area (Å²) in [5.74, 6) is 0.0253. The molecule has 0 aliphatic carbocycles. The molecule has 0 radical (unpaired) electrons. The monoisotopic (exact) mass is 303 g/mol. The van der Waals surface area contributed by atoms with Crippen LogP contribution in [0.15, 0.2) is 27.3 Å². The first-order valence-electron chi connectivity index (χ1n) is 6.37. The number of nitrogens with two attached hydrogens (primary N) is 1. The smallest absolute Gasteiger partial charge is 0.173 e. The maximum atomic E-state index is 8.97. The zero-order valence-electron chi connectivity index (χ0n) is 12.4. The first kappa shape index (κ1) is 15.2. The number of aryl methyl sites for hydroxylation is 3. The molecule has 0 fully saturated rings. The van der Waals surface area contributed by atoms with E-state index in [1.165, 1.54) is 11.8 Å². The van der Waals surface area contributed by atoms with Gasteiger partial charge in [-0.1, -0.05) is 5.16 Å². The maximum Gasteiger partial charge on any atom is 0.173 e. The Balaban J connectivity index is 2.51. The fraction of sp³-hybridized carbons (Fsp3) is 0.286. The van der Waals surface area contributed by atoms with Crippen LogP contribution in [0.5, 0.6) is 0 Å². The largest absolute Gasteiger partial charge is 0.409 e. The van der Waals surface area contributed by atoms with Crippen LogP contribution in [0.3, 0.4) is 0 Å². The summed E-state index contributed by atoms with van der Waals surface area (Å²) < 4.78 is 0. The van der Waals surface area contributed by atoms with E-state index >= 15 is 0 Å². The molecule has 7 heteroatoms. The average Bonchev–Trinajstić information content (AvgIpc) is 2.41. The van der Waals surface area contributed by atoms with Crippen molar-refractivity contribution in [3.05, 3.63) is 40.2 Å². The van der Waals surface area contributed by atoms with E-state index in [4.69, 9.17) is 10.9 Å². The molecular formula is C14H17N5OS. The van der Waals surface area contributed by atoms with Crippen molar-refractivity contribution in [2.45, 2.75) is 37.7 Å². The average molecular weight is 303 g/mol. The van der Waals surface area contributed by atoms with E-state index in [1.54, 1.807) is 0 Å². The van der Waals surface area contributed by atoms with Crippen LogP contribution in [-0.4, -0.2) is 26.2 Å². The minimum absolute atomic E-state index is 0.0253. The third-order valence-corrected chi connectivity index (χ3v) is 3.96. The van der Waals surface area contributed by atoms with Gasteiger partial charge in [-0.15, -0.1) is 5.10 Å². The van der Waals surface area contributed by atoms with Gasteiger partial charge in [-0.25, -0.2) is 4.98 Å². The summed E-state index contributed by atoms with van der Waals surface area (Å²) in [5.41, 5.74) is 10.0. The Morgan fingerprint density at radius 2 is 1.90 bits per heavy atom. The van der Waals surface area contributed by atoms with Crippen molar-refractivity contribution in [3.63, 3.8) is 0 Å². The van der Waals surface area contributed by atoms with Gasteiger partial charge in [-0.3, -0.25) is 0 Å². The maximum absolute atomic E-state index is 8.97. The molecule has 2 heterocycles. The molecule has 0 aliphatic rings. The number of hydrogen-bond acceptors (Lipinski definition) is 6. The lowest BCUT2D eigenvalue weighted by atomic mass is 10.1. The van der Waals surface area contributed by atoms with Crippen molar-refractivity contribution < 1.29 is 5.21 Å². The summed E-state index contributed by atoms with van der Waals surface area (Å²) in [6, 6.07) is 3.96. The van der Waals surface area contributed by atoms with Crippen molar-refractivity contribution in [2.75, 3.05) is 0 Å². The minimum atomic E-state index is 0.0253. The molecule has 21 heavy (non-hydrogen) atoms. The number of pyridine rings is 1. The van der Waals surface area contributed by atoms with Gasteiger partial charge in [0.15, 0.2) is 5.84 Å². The van der Waals surface area contributed by atoms with E-state index in [2.05, 4.69) is 20.3 Å². The highest BCUT2D eigenvalue weighted by molar-refractivity contribution is 7.99. The highest BCUT2D eigenvalue weighted by atomic mass is 32.2. The number of rotatable bonds is 3. The first-order chi connectivity index (χ1) is 9.92. The Morgan fingerprint density at radius 1 is 1.19 bits per heavy atom. The first-order valence-corrected chi connectivity index (χ1v) is 7.19. The van der Waals surface area contributed by atoms with Crippen LogP contribution in [0.2, 0.25) is 0 Å². The van der Waals surface area contributed by atoms with E-state index in [-0.39, 0.29) is 5.84 Å². The molecule has 0 aromatic carbocycles. The molecule has 3 N–H and O–H groups in total. The van der Waals surface area contributed by atoms with Crippen molar-refractivity contribution in [1.29, 1.82) is 0 Å². The standard InChI is InChI=1S/C14H17N5OS/c1-7-5-8(2)16-11(6-7)21-14-12(13(15)19-20)9(3)10(4)17-18-14/h5-6,20H,1-4H3,(H2,15,19). The lowest BCUT2D eigenvalue weighted by molar-refractivity contribution is 0.318. The second kappa shape index (κ2) is 6.09. The van der Waals surface area contributed by atoms with Gasteiger partial charge >= 0.3 is 0 Å². The van der Waals surface area contributed by atoms with Crippen LogP contribution in [-0.2, 0) is 0 Å². The molecular weight excluding hydrogens is 286 g/mol. The van der Waals surface area contributed by atoms with Crippen LogP contribution < -0.4 is 5.73 Å². The molecule has 0 spiro atoms. The van der Waals surface area contributed by atoms with Gasteiger partial charge < -0.3 is 10.9 Å². The van der Waals surface area contributed by atoms with E-state index in [1.807, 2.05) is 39.8 Å². The molecule has 6 nitrogen and oxygen atoms in total. The van der Waals surface area contributed by atoms with Crippen molar-refractivity contribution in [2.24, 2.45) is 10.9 Å². The predicted molar refractivity (Wildman–Crippen MR) is 81.9 cm³/mol. The fourth-order valence-electron chi connectivity index (χ4n) is 1.97. The molecule has 0 bridgehead atoms. The Bertz CT molecular complexity index is 695. The molecule has 0 aliphatic heterocycles. The fourth-order valence-corrected chi connectivity index (χ4v) is 3.04. The SMILES string of the molecule is Cc1cc(C)nc(Sc2nnc(C)c(C)c2C(N)=NO)c1. The molecule has 0 amide bonds. The van der Waals surface area contributed by atoms with E-state index in [0.717, 1.165) is 27.5 Å². The Labute approximate surface area is 127 Å². The molecule has 0 atom stereocenters. The molecule has 2 rings (SSSR count). The molecule has 0 saturated heterocycles. The van der Waals surface area contributed by atoms with Crippen LogP contribution in [0, 0.1) is 27.7 Å². The van der Waals surface area contributed by atoms with E-state index < -0.39 is 0 Å². The number of amidine groups is 1. The van der Waals surface area contributed by atoms with E-state index in [0.29, 0.717) is 10.6 Å². The van der Waals surface area contributed by atoms with Crippen molar-refractivity contribution in [3.8, 4) is 0 Å². The number of nitrogens with zero attached hydrogens (tertiary/aromatic N) is 4. The molecule has 2 aromatic heterocycles. The van der Waals surface area contributed by atoms with Gasteiger partial charge in [0, 0.05) is 5.69 Å². The summed E-state index contributed by atoms with van der Waals surface area (Å²) >= 11 is 1.35. The highest BCUT2D eigenvalue weighted by Crippen LogP contribution is 2.29. The van der Waals surface area contributed by atoms with Crippen LogP contribution in [0.1, 0.15) is 28.1 Å². The third kappa shape index (κ3) is 3.30. The molecule has 110 valence electrons. The van der Waals surface area contributed by atoms with Gasteiger partial charge in [0.2, 0.25) is 0 Å². The Kier molecular flexibility index (Phi) is 4.42. The second-order valence-corrected chi connectivity index (χ2v) is 5.81. The van der Waals surface area contributed by atoms with Gasteiger partial charge in [-0.05, 0) is 62.7 Å². The van der Waals surface area contributed by atoms with Crippen molar-refractivity contribution >= 4 is 17.6 Å². The third-order valence-electron chi connectivity index (χ3n) is 3.06. The number of oxime groups is 1. The normalized spacial score (nSPS) is 11.7. The summed E-state index contributed by atoms with van der Waals surface area (Å²) in [6.45, 7) is 7.65. The number of hydrogen-bond donors (Lipinski definition) is 2.